The maximum absolute atomic E-state index is 12.5. The van der Waals surface area contributed by atoms with Gasteiger partial charge in [0.2, 0.25) is 0 Å². The van der Waals surface area contributed by atoms with Crippen LogP contribution in [0.15, 0.2) is 86.0 Å². The second-order valence-electron chi connectivity index (χ2n) is 6.43. The molecule has 1 heterocycles. The zero-order valence-corrected chi connectivity index (χ0v) is 20.6. The summed E-state index contributed by atoms with van der Waals surface area (Å²) in [6, 6.07) is 18.7. The van der Waals surface area contributed by atoms with Gasteiger partial charge in [-0.05, 0) is 70.5 Å². The van der Waals surface area contributed by atoms with E-state index in [0.717, 1.165) is 20.2 Å². The number of rotatable bonds is 6. The van der Waals surface area contributed by atoms with Crippen molar-refractivity contribution in [2.24, 2.45) is 0 Å². The number of benzene rings is 3. The fourth-order valence-electron chi connectivity index (χ4n) is 2.66. The minimum absolute atomic E-state index is 0.144. The van der Waals surface area contributed by atoms with Gasteiger partial charge in [-0.3, -0.25) is 4.72 Å². The van der Waals surface area contributed by atoms with Gasteiger partial charge in [0.05, 0.1) is 15.1 Å². The third-order valence-corrected chi connectivity index (χ3v) is 7.46. The van der Waals surface area contributed by atoms with Crippen molar-refractivity contribution < 1.29 is 13.2 Å². The Kier molecular flexibility index (Phi) is 6.33. The van der Waals surface area contributed by atoms with E-state index in [0.29, 0.717) is 22.3 Å². The number of nitrogens with one attached hydrogen (secondary N) is 1. The fourth-order valence-corrected chi connectivity index (χ4v) is 5.07. The number of hydrogen-bond donors (Lipinski definition) is 2. The van der Waals surface area contributed by atoms with Gasteiger partial charge in [-0.25, -0.2) is 13.4 Å². The summed E-state index contributed by atoms with van der Waals surface area (Å²) in [7, 11) is -3.69. The summed E-state index contributed by atoms with van der Waals surface area (Å²) in [6.07, 6.45) is 0. The molecule has 0 saturated heterocycles. The van der Waals surface area contributed by atoms with Crippen LogP contribution < -0.4 is 15.2 Å². The van der Waals surface area contributed by atoms with E-state index in [-0.39, 0.29) is 4.90 Å². The van der Waals surface area contributed by atoms with E-state index < -0.39 is 10.0 Å². The van der Waals surface area contributed by atoms with Crippen molar-refractivity contribution in [3.63, 3.8) is 0 Å². The van der Waals surface area contributed by atoms with E-state index in [1.54, 1.807) is 36.4 Å². The Balaban J connectivity index is 1.48. The van der Waals surface area contributed by atoms with Crippen LogP contribution in [-0.4, -0.2) is 13.4 Å². The minimum Gasteiger partial charge on any atom is -0.430 e. The van der Waals surface area contributed by atoms with E-state index in [2.05, 4.69) is 41.6 Å². The highest BCUT2D eigenvalue weighted by atomic mass is 79.9. The molecule has 0 aliphatic carbocycles. The molecule has 3 aromatic carbocycles. The second-order valence-corrected chi connectivity index (χ2v) is 10.7. The predicted octanol–water partition coefficient (Wildman–Crippen LogP) is 6.51. The molecule has 0 spiro atoms. The molecule has 1 aromatic heterocycles. The van der Waals surface area contributed by atoms with Gasteiger partial charge < -0.3 is 10.5 Å². The highest BCUT2D eigenvalue weighted by Gasteiger charge is 2.14. The van der Waals surface area contributed by atoms with Crippen molar-refractivity contribution in [1.29, 1.82) is 0 Å². The minimum atomic E-state index is -3.69. The number of halogens is 2. The first kappa shape index (κ1) is 21.8. The first-order valence-corrected chi connectivity index (χ1v) is 12.8. The Bertz CT molecular complexity index is 1320. The summed E-state index contributed by atoms with van der Waals surface area (Å²) >= 11 is 8.26. The number of thiazole rings is 1. The predicted molar refractivity (Wildman–Crippen MR) is 131 cm³/mol. The van der Waals surface area contributed by atoms with Crippen LogP contribution in [0.5, 0.6) is 10.9 Å². The molecule has 0 aliphatic rings. The first-order chi connectivity index (χ1) is 14.8. The number of nitrogen functional groups attached to an aromatic ring is 1. The maximum Gasteiger partial charge on any atom is 0.279 e. The molecule has 3 N–H and O–H groups in total. The zero-order valence-electron chi connectivity index (χ0n) is 15.7. The number of aromatic nitrogens is 1. The van der Waals surface area contributed by atoms with Crippen LogP contribution in [0.3, 0.4) is 0 Å². The molecule has 0 unspecified atom stereocenters. The monoisotopic (exact) mass is 579 g/mol. The van der Waals surface area contributed by atoms with Gasteiger partial charge in [0.1, 0.15) is 5.75 Å². The molecule has 0 atom stereocenters. The molecule has 0 amide bonds. The second kappa shape index (κ2) is 8.99. The smallest absolute Gasteiger partial charge is 0.279 e. The Labute approximate surface area is 200 Å². The summed E-state index contributed by atoms with van der Waals surface area (Å²) in [5.41, 5.74) is 8.15. The van der Waals surface area contributed by atoms with E-state index in [9.17, 15) is 8.42 Å². The lowest BCUT2D eigenvalue weighted by Gasteiger charge is -2.09. The van der Waals surface area contributed by atoms with Crippen LogP contribution in [-0.2, 0) is 10.0 Å². The van der Waals surface area contributed by atoms with Gasteiger partial charge in [0.25, 0.3) is 15.2 Å². The molecule has 158 valence electrons. The van der Waals surface area contributed by atoms with Crippen LogP contribution in [0.25, 0.3) is 11.3 Å². The third-order valence-electron chi connectivity index (χ3n) is 4.20. The highest BCUT2D eigenvalue weighted by Crippen LogP contribution is 2.35. The Hall–Kier alpha value is -2.40. The van der Waals surface area contributed by atoms with Gasteiger partial charge in [-0.15, -0.1) is 0 Å². The number of hydrogen-bond acceptors (Lipinski definition) is 6. The molecule has 6 nitrogen and oxygen atoms in total. The number of ether oxygens (including phenoxy) is 1. The van der Waals surface area contributed by atoms with Crippen LogP contribution in [0, 0.1) is 0 Å². The van der Waals surface area contributed by atoms with Crippen LogP contribution in [0.1, 0.15) is 0 Å². The van der Waals surface area contributed by atoms with Gasteiger partial charge in [-0.1, -0.05) is 39.4 Å². The van der Waals surface area contributed by atoms with Crippen LogP contribution >= 0.6 is 43.2 Å². The van der Waals surface area contributed by atoms with Crippen molar-refractivity contribution in [1.82, 2.24) is 4.98 Å². The summed E-state index contributed by atoms with van der Waals surface area (Å²) in [4.78, 5) is 4.66. The largest absolute Gasteiger partial charge is 0.430 e. The summed E-state index contributed by atoms with van der Waals surface area (Å²) in [6.45, 7) is 0. The molecular formula is C21H15Br2N3O3S2. The Morgan fingerprint density at radius 1 is 0.968 bits per heavy atom. The fraction of sp³-hybridized carbons (Fsp3) is 0. The number of anilines is 2. The van der Waals surface area contributed by atoms with Gasteiger partial charge in [0.15, 0.2) is 0 Å². The third kappa shape index (κ3) is 5.27. The van der Waals surface area contributed by atoms with Crippen molar-refractivity contribution in [3.05, 3.63) is 81.1 Å². The normalized spacial score (nSPS) is 11.3. The molecule has 0 fully saturated rings. The van der Waals surface area contributed by atoms with Crippen LogP contribution in [0.2, 0.25) is 0 Å². The van der Waals surface area contributed by atoms with Gasteiger partial charge in [-0.2, -0.15) is 0 Å². The Morgan fingerprint density at radius 2 is 1.68 bits per heavy atom. The van der Waals surface area contributed by atoms with E-state index in [1.165, 1.54) is 23.5 Å². The molecule has 0 aliphatic heterocycles. The molecule has 0 saturated carbocycles. The first-order valence-electron chi connectivity index (χ1n) is 8.87. The molecule has 4 aromatic rings. The maximum atomic E-state index is 12.5. The SMILES string of the molecule is Nc1ccc(S(=O)(=O)Nc2ccc(-c3csc(Oc4cc(Br)ccc4Br)n3)cc2)cc1. The lowest BCUT2D eigenvalue weighted by atomic mass is 10.1. The quantitative estimate of drug-likeness (QED) is 0.253. The number of sulfonamides is 1. The molecule has 31 heavy (non-hydrogen) atoms. The van der Waals surface area contributed by atoms with Gasteiger partial charge >= 0.3 is 0 Å². The molecule has 0 radical (unpaired) electrons. The summed E-state index contributed by atoms with van der Waals surface area (Å²) < 4.78 is 35.2. The number of nitrogens with two attached hydrogens (primary N) is 1. The van der Waals surface area contributed by atoms with Crippen molar-refractivity contribution in [2.45, 2.75) is 4.90 Å². The zero-order chi connectivity index (χ0) is 22.0. The molecular weight excluding hydrogens is 566 g/mol. The summed E-state index contributed by atoms with van der Waals surface area (Å²) in [5.74, 6) is 0.655. The van der Waals surface area contributed by atoms with E-state index in [4.69, 9.17) is 10.5 Å². The molecule has 10 heteroatoms. The van der Waals surface area contributed by atoms with Gasteiger partial charge in [0, 0.05) is 26.8 Å². The summed E-state index contributed by atoms with van der Waals surface area (Å²) in [5, 5.41) is 2.39. The lowest BCUT2D eigenvalue weighted by Crippen LogP contribution is -2.12. The van der Waals surface area contributed by atoms with E-state index in [1.807, 2.05) is 23.6 Å². The Morgan fingerprint density at radius 3 is 2.39 bits per heavy atom. The average Bonchev–Trinajstić information content (AvgIpc) is 3.20. The lowest BCUT2D eigenvalue weighted by molar-refractivity contribution is 0.476. The van der Waals surface area contributed by atoms with Crippen LogP contribution in [0.4, 0.5) is 11.4 Å². The van der Waals surface area contributed by atoms with Crippen molar-refractivity contribution in [3.8, 4) is 22.2 Å². The number of nitrogens with zero attached hydrogens (tertiary/aromatic N) is 1. The van der Waals surface area contributed by atoms with E-state index >= 15 is 0 Å². The highest BCUT2D eigenvalue weighted by molar-refractivity contribution is 9.11. The van der Waals surface area contributed by atoms with Crippen molar-refractivity contribution >= 4 is 64.6 Å². The topological polar surface area (TPSA) is 94.3 Å². The standard InChI is InChI=1S/C21H15Br2N3O3S2/c22-14-3-10-18(23)20(11-14)29-21-25-19(12-30-21)13-1-6-16(7-2-13)26-31(27,28)17-8-4-15(24)5-9-17/h1-12,26H,24H2. The molecule has 4 rings (SSSR count). The average molecular weight is 581 g/mol. The van der Waals surface area contributed by atoms with Crippen molar-refractivity contribution in [2.75, 3.05) is 10.5 Å². The molecule has 0 bridgehead atoms.